The van der Waals surface area contributed by atoms with Crippen molar-refractivity contribution < 1.29 is 9.84 Å². The van der Waals surface area contributed by atoms with Crippen LogP contribution in [0.4, 0.5) is 5.69 Å². The van der Waals surface area contributed by atoms with E-state index in [0.29, 0.717) is 12.3 Å². The summed E-state index contributed by atoms with van der Waals surface area (Å²) in [6.07, 6.45) is 0. The Morgan fingerprint density at radius 3 is 2.63 bits per heavy atom. The number of ether oxygens (including phenoxy) is 1. The molecule has 0 fully saturated rings. The van der Waals surface area contributed by atoms with Gasteiger partial charge in [-0.2, -0.15) is 0 Å². The molecule has 0 saturated carbocycles. The highest BCUT2D eigenvalue weighted by Gasteiger charge is 2.04. The second kappa shape index (κ2) is 5.65. The van der Waals surface area contributed by atoms with E-state index in [0.717, 1.165) is 11.3 Å². The van der Waals surface area contributed by atoms with Gasteiger partial charge in [-0.15, -0.1) is 0 Å². The van der Waals surface area contributed by atoms with Gasteiger partial charge in [0.05, 0.1) is 7.11 Å². The van der Waals surface area contributed by atoms with Gasteiger partial charge in [0, 0.05) is 12.2 Å². The van der Waals surface area contributed by atoms with E-state index >= 15 is 0 Å². The number of phenolic OH excluding ortho intramolecular Hbond substituents is 1. The minimum atomic E-state index is 0.169. The normalized spacial score (nSPS) is 10.3. The fourth-order valence-corrected chi connectivity index (χ4v) is 1.99. The van der Waals surface area contributed by atoms with Crippen molar-refractivity contribution in [3.8, 4) is 11.5 Å². The molecular formula is C16H19NO2. The molecule has 2 N–H and O–H groups in total. The van der Waals surface area contributed by atoms with Crippen LogP contribution in [-0.4, -0.2) is 12.2 Å². The number of nitrogens with one attached hydrogen (secondary N) is 1. The van der Waals surface area contributed by atoms with Crippen molar-refractivity contribution in [1.29, 1.82) is 0 Å². The summed E-state index contributed by atoms with van der Waals surface area (Å²) < 4.78 is 5.03. The maximum Gasteiger partial charge on any atom is 0.160 e. The molecule has 0 heterocycles. The number of aromatic hydroxyl groups is 1. The number of methoxy groups -OCH3 is 1. The summed E-state index contributed by atoms with van der Waals surface area (Å²) in [7, 11) is 1.54. The minimum absolute atomic E-state index is 0.169. The van der Waals surface area contributed by atoms with Crippen LogP contribution in [-0.2, 0) is 6.54 Å². The molecule has 0 saturated heterocycles. The Morgan fingerprint density at radius 1 is 1.16 bits per heavy atom. The monoisotopic (exact) mass is 257 g/mol. The van der Waals surface area contributed by atoms with Crippen molar-refractivity contribution in [3.05, 3.63) is 53.1 Å². The molecule has 0 spiro atoms. The summed E-state index contributed by atoms with van der Waals surface area (Å²) in [5, 5.41) is 13.1. The van der Waals surface area contributed by atoms with Crippen molar-refractivity contribution >= 4 is 5.69 Å². The van der Waals surface area contributed by atoms with Gasteiger partial charge in [-0.3, -0.25) is 0 Å². The third-order valence-electron chi connectivity index (χ3n) is 3.33. The summed E-state index contributed by atoms with van der Waals surface area (Å²) in [6, 6.07) is 11.6. The Bertz CT molecular complexity index is 579. The number of aryl methyl sites for hydroxylation is 1. The number of phenols is 1. The second-order valence-electron chi connectivity index (χ2n) is 4.61. The standard InChI is InChI=1S/C16H19NO2/c1-11-5-4-6-14(12(11)2)17-10-13-7-8-16(19-3)15(18)9-13/h4-9,17-18H,10H2,1-3H3. The van der Waals surface area contributed by atoms with E-state index in [1.807, 2.05) is 12.1 Å². The summed E-state index contributed by atoms with van der Waals surface area (Å²) in [5.74, 6) is 0.665. The zero-order chi connectivity index (χ0) is 13.8. The molecule has 0 bridgehead atoms. The number of hydrogen-bond acceptors (Lipinski definition) is 3. The van der Waals surface area contributed by atoms with E-state index in [2.05, 4.69) is 31.3 Å². The van der Waals surface area contributed by atoms with E-state index < -0.39 is 0 Å². The predicted molar refractivity (Wildman–Crippen MR) is 77.9 cm³/mol. The molecule has 0 atom stereocenters. The van der Waals surface area contributed by atoms with Crippen molar-refractivity contribution in [2.45, 2.75) is 20.4 Å². The van der Waals surface area contributed by atoms with Crippen LogP contribution < -0.4 is 10.1 Å². The predicted octanol–water partition coefficient (Wildman–Crippen LogP) is 3.63. The van der Waals surface area contributed by atoms with Gasteiger partial charge in [0.1, 0.15) is 0 Å². The number of hydrogen-bond donors (Lipinski definition) is 2. The van der Waals surface area contributed by atoms with Gasteiger partial charge in [-0.05, 0) is 48.7 Å². The zero-order valence-electron chi connectivity index (χ0n) is 11.5. The van der Waals surface area contributed by atoms with Gasteiger partial charge < -0.3 is 15.2 Å². The summed E-state index contributed by atoms with van der Waals surface area (Å²) >= 11 is 0. The molecule has 19 heavy (non-hydrogen) atoms. The summed E-state index contributed by atoms with van der Waals surface area (Å²) in [4.78, 5) is 0. The molecule has 100 valence electrons. The molecule has 0 aliphatic carbocycles. The van der Waals surface area contributed by atoms with Crippen molar-refractivity contribution in [2.24, 2.45) is 0 Å². The fraction of sp³-hybridized carbons (Fsp3) is 0.250. The van der Waals surface area contributed by atoms with Gasteiger partial charge in [-0.1, -0.05) is 18.2 Å². The Labute approximate surface area is 113 Å². The first-order chi connectivity index (χ1) is 9.11. The van der Waals surface area contributed by atoms with Crippen LogP contribution in [0.1, 0.15) is 16.7 Å². The topological polar surface area (TPSA) is 41.5 Å². The summed E-state index contributed by atoms with van der Waals surface area (Å²) in [6.45, 7) is 4.87. The highest BCUT2D eigenvalue weighted by molar-refractivity contribution is 5.54. The van der Waals surface area contributed by atoms with Crippen LogP contribution in [0.25, 0.3) is 0 Å². The molecule has 0 aliphatic rings. The van der Waals surface area contributed by atoms with Crippen molar-refractivity contribution in [3.63, 3.8) is 0 Å². The molecule has 0 unspecified atom stereocenters. The molecule has 2 aromatic rings. The molecule has 3 nitrogen and oxygen atoms in total. The summed E-state index contributed by atoms with van der Waals surface area (Å²) in [5.41, 5.74) is 4.65. The largest absolute Gasteiger partial charge is 0.504 e. The Morgan fingerprint density at radius 2 is 1.95 bits per heavy atom. The molecule has 3 heteroatoms. The SMILES string of the molecule is COc1ccc(CNc2cccc(C)c2C)cc1O. The molecule has 0 aromatic heterocycles. The van der Waals surface area contributed by atoms with Crippen LogP contribution in [0.3, 0.4) is 0 Å². The lowest BCUT2D eigenvalue weighted by Crippen LogP contribution is -2.01. The highest BCUT2D eigenvalue weighted by Crippen LogP contribution is 2.27. The Hall–Kier alpha value is -2.16. The first-order valence-electron chi connectivity index (χ1n) is 6.28. The van der Waals surface area contributed by atoms with Crippen LogP contribution in [0.2, 0.25) is 0 Å². The van der Waals surface area contributed by atoms with Crippen molar-refractivity contribution in [2.75, 3.05) is 12.4 Å². The maximum absolute atomic E-state index is 9.73. The van der Waals surface area contributed by atoms with Crippen LogP contribution in [0, 0.1) is 13.8 Å². The van der Waals surface area contributed by atoms with Crippen LogP contribution in [0.15, 0.2) is 36.4 Å². The fourth-order valence-electron chi connectivity index (χ4n) is 1.99. The molecule has 0 amide bonds. The van der Waals surface area contributed by atoms with Gasteiger partial charge >= 0.3 is 0 Å². The van der Waals surface area contributed by atoms with Gasteiger partial charge in [0.25, 0.3) is 0 Å². The minimum Gasteiger partial charge on any atom is -0.504 e. The lowest BCUT2D eigenvalue weighted by molar-refractivity contribution is 0.373. The number of anilines is 1. The van der Waals surface area contributed by atoms with Crippen LogP contribution >= 0.6 is 0 Å². The Kier molecular flexibility index (Phi) is 3.95. The molecular weight excluding hydrogens is 238 g/mol. The van der Waals surface area contributed by atoms with Gasteiger partial charge in [0.2, 0.25) is 0 Å². The number of benzene rings is 2. The lowest BCUT2D eigenvalue weighted by Gasteiger charge is -2.12. The Balaban J connectivity index is 2.10. The van der Waals surface area contributed by atoms with Gasteiger partial charge in [0.15, 0.2) is 11.5 Å². The molecule has 0 radical (unpaired) electrons. The van der Waals surface area contributed by atoms with Crippen molar-refractivity contribution in [1.82, 2.24) is 0 Å². The molecule has 2 rings (SSSR count). The average Bonchev–Trinajstić information content (AvgIpc) is 2.40. The third-order valence-corrected chi connectivity index (χ3v) is 3.33. The highest BCUT2D eigenvalue weighted by atomic mass is 16.5. The van der Waals surface area contributed by atoms with E-state index in [4.69, 9.17) is 4.74 Å². The smallest absolute Gasteiger partial charge is 0.160 e. The average molecular weight is 257 g/mol. The van der Waals surface area contributed by atoms with E-state index in [9.17, 15) is 5.11 Å². The third kappa shape index (κ3) is 2.99. The van der Waals surface area contributed by atoms with Gasteiger partial charge in [-0.25, -0.2) is 0 Å². The zero-order valence-corrected chi connectivity index (χ0v) is 11.5. The van der Waals surface area contributed by atoms with E-state index in [1.165, 1.54) is 11.1 Å². The lowest BCUT2D eigenvalue weighted by atomic mass is 10.1. The van der Waals surface area contributed by atoms with E-state index in [1.54, 1.807) is 19.2 Å². The second-order valence-corrected chi connectivity index (χ2v) is 4.61. The number of rotatable bonds is 4. The van der Waals surface area contributed by atoms with E-state index in [-0.39, 0.29) is 5.75 Å². The molecule has 2 aromatic carbocycles. The quantitative estimate of drug-likeness (QED) is 0.878. The maximum atomic E-state index is 9.73. The molecule has 0 aliphatic heterocycles. The first kappa shape index (κ1) is 13.3. The van der Waals surface area contributed by atoms with Crippen LogP contribution in [0.5, 0.6) is 11.5 Å². The first-order valence-corrected chi connectivity index (χ1v) is 6.28.